The predicted molar refractivity (Wildman–Crippen MR) is 126 cm³/mol. The smallest absolute Gasteiger partial charge is 0.339 e. The topological polar surface area (TPSA) is 86.9 Å². The molecule has 34 heavy (non-hydrogen) atoms. The summed E-state index contributed by atoms with van der Waals surface area (Å²) < 4.78 is 13.1. The maximum atomic E-state index is 13.1. The standard InChI is InChI=1S/C27H24FN3O3/c1-18(31(34)27(29)33)2-3-19-6-13-25-23(16-19)14-15-30(26(25)32)17-20-4-7-21(8-5-20)22-9-11-24(28)12-10-22/h4-13,16,18,34H,14-15,17H2,1H3,(H2,29,33). The number of fused-ring (bicyclic) bond motifs is 1. The van der Waals surface area contributed by atoms with Crippen LogP contribution in [0.1, 0.15) is 34.0 Å². The number of hydrogen-bond acceptors (Lipinski definition) is 3. The molecule has 3 aromatic rings. The summed E-state index contributed by atoms with van der Waals surface area (Å²) in [6.45, 7) is 2.65. The molecule has 1 heterocycles. The van der Waals surface area contributed by atoms with Gasteiger partial charge in [0.15, 0.2) is 0 Å². The lowest BCUT2D eigenvalue weighted by atomic mass is 9.96. The van der Waals surface area contributed by atoms with Crippen LogP contribution in [0, 0.1) is 17.7 Å². The Labute approximate surface area is 197 Å². The van der Waals surface area contributed by atoms with Crippen molar-refractivity contribution in [3.63, 3.8) is 0 Å². The molecule has 1 aliphatic rings. The van der Waals surface area contributed by atoms with Gasteiger partial charge in [-0.15, -0.1) is 0 Å². The van der Waals surface area contributed by atoms with Gasteiger partial charge in [-0.1, -0.05) is 48.2 Å². The van der Waals surface area contributed by atoms with Gasteiger partial charge in [-0.2, -0.15) is 5.06 Å². The van der Waals surface area contributed by atoms with Gasteiger partial charge in [0.05, 0.1) is 0 Å². The predicted octanol–water partition coefficient (Wildman–Crippen LogP) is 4.20. The Bertz CT molecular complexity index is 1280. The first-order chi connectivity index (χ1) is 16.3. The zero-order valence-electron chi connectivity index (χ0n) is 18.7. The lowest BCUT2D eigenvalue weighted by molar-refractivity contribution is -0.0536. The van der Waals surface area contributed by atoms with E-state index < -0.39 is 12.1 Å². The minimum atomic E-state index is -0.969. The van der Waals surface area contributed by atoms with Gasteiger partial charge in [0.1, 0.15) is 11.9 Å². The van der Waals surface area contributed by atoms with Crippen molar-refractivity contribution in [3.05, 3.63) is 94.8 Å². The highest BCUT2D eigenvalue weighted by Crippen LogP contribution is 2.24. The molecule has 0 saturated heterocycles. The van der Waals surface area contributed by atoms with Gasteiger partial charge in [-0.05, 0) is 65.9 Å². The Kier molecular flexibility index (Phi) is 6.62. The summed E-state index contributed by atoms with van der Waals surface area (Å²) in [5, 5.41) is 9.90. The first-order valence-electron chi connectivity index (χ1n) is 10.9. The lowest BCUT2D eigenvalue weighted by Crippen LogP contribution is -2.38. The molecule has 6 nitrogen and oxygen atoms in total. The van der Waals surface area contributed by atoms with Crippen LogP contribution in [-0.2, 0) is 13.0 Å². The third kappa shape index (κ3) is 5.08. The number of nitrogens with two attached hydrogens (primary N) is 1. The van der Waals surface area contributed by atoms with Crippen molar-refractivity contribution in [2.24, 2.45) is 5.73 Å². The zero-order valence-corrected chi connectivity index (χ0v) is 18.7. The van der Waals surface area contributed by atoms with Crippen LogP contribution < -0.4 is 5.73 Å². The Morgan fingerprint density at radius 3 is 2.41 bits per heavy atom. The van der Waals surface area contributed by atoms with E-state index in [9.17, 15) is 19.2 Å². The van der Waals surface area contributed by atoms with Gasteiger partial charge < -0.3 is 10.6 Å². The van der Waals surface area contributed by atoms with Crippen LogP contribution in [0.5, 0.6) is 0 Å². The van der Waals surface area contributed by atoms with E-state index in [1.165, 1.54) is 12.1 Å². The summed E-state index contributed by atoms with van der Waals surface area (Å²) in [5.74, 6) is 5.38. The normalized spacial score (nSPS) is 13.5. The minimum absolute atomic E-state index is 0.0352. The SMILES string of the molecule is CC(C#Cc1ccc2c(c1)CCN(Cc1ccc(-c3ccc(F)cc3)cc1)C2=O)N(O)C(N)=O. The van der Waals surface area contributed by atoms with E-state index >= 15 is 0 Å². The molecule has 1 aliphatic heterocycles. The number of hydroxylamine groups is 2. The first-order valence-corrected chi connectivity index (χ1v) is 10.9. The Balaban J connectivity index is 1.44. The number of primary amides is 1. The average Bonchev–Trinajstić information content (AvgIpc) is 2.84. The fourth-order valence-electron chi connectivity index (χ4n) is 3.87. The number of nitrogens with zero attached hydrogens (tertiary/aromatic N) is 2. The fourth-order valence-corrected chi connectivity index (χ4v) is 3.87. The van der Waals surface area contributed by atoms with E-state index in [0.717, 1.165) is 22.3 Å². The van der Waals surface area contributed by atoms with Crippen molar-refractivity contribution in [2.45, 2.75) is 25.9 Å². The van der Waals surface area contributed by atoms with Crippen molar-refractivity contribution in [3.8, 4) is 23.0 Å². The summed E-state index contributed by atoms with van der Waals surface area (Å²) in [6, 6.07) is 17.9. The van der Waals surface area contributed by atoms with Crippen LogP contribution in [-0.4, -0.2) is 39.7 Å². The van der Waals surface area contributed by atoms with Crippen molar-refractivity contribution >= 4 is 11.9 Å². The Morgan fingerprint density at radius 2 is 1.76 bits per heavy atom. The number of urea groups is 1. The van der Waals surface area contributed by atoms with E-state index in [1.807, 2.05) is 35.2 Å². The highest BCUT2D eigenvalue weighted by Gasteiger charge is 2.24. The van der Waals surface area contributed by atoms with Crippen molar-refractivity contribution in [2.75, 3.05) is 6.54 Å². The maximum absolute atomic E-state index is 13.1. The van der Waals surface area contributed by atoms with Gasteiger partial charge in [-0.3, -0.25) is 10.0 Å². The monoisotopic (exact) mass is 457 g/mol. The van der Waals surface area contributed by atoms with Gasteiger partial charge in [0.2, 0.25) is 0 Å². The summed E-state index contributed by atoms with van der Waals surface area (Å²) >= 11 is 0. The van der Waals surface area contributed by atoms with Crippen molar-refractivity contribution in [1.29, 1.82) is 0 Å². The van der Waals surface area contributed by atoms with E-state index in [1.54, 1.807) is 31.2 Å². The second-order valence-corrected chi connectivity index (χ2v) is 8.18. The van der Waals surface area contributed by atoms with Gasteiger partial charge in [0, 0.05) is 24.2 Å². The van der Waals surface area contributed by atoms with Gasteiger partial charge in [-0.25, -0.2) is 9.18 Å². The summed E-state index contributed by atoms with van der Waals surface area (Å²) in [5.41, 5.74) is 10.2. The molecule has 1 unspecified atom stereocenters. The van der Waals surface area contributed by atoms with Gasteiger partial charge >= 0.3 is 6.03 Å². The summed E-state index contributed by atoms with van der Waals surface area (Å²) in [4.78, 5) is 25.9. The molecule has 3 N–H and O–H groups in total. The number of hydrogen-bond donors (Lipinski definition) is 2. The number of benzene rings is 3. The molecule has 172 valence electrons. The Morgan fingerprint density at radius 1 is 1.12 bits per heavy atom. The highest BCUT2D eigenvalue weighted by atomic mass is 19.1. The van der Waals surface area contributed by atoms with E-state index in [-0.39, 0.29) is 11.7 Å². The van der Waals surface area contributed by atoms with E-state index in [0.29, 0.717) is 35.7 Å². The second kappa shape index (κ2) is 9.77. The third-order valence-electron chi connectivity index (χ3n) is 5.80. The third-order valence-corrected chi connectivity index (χ3v) is 5.80. The minimum Gasteiger partial charge on any atom is -0.350 e. The van der Waals surface area contributed by atoms with Gasteiger partial charge in [0.25, 0.3) is 5.91 Å². The first kappa shape index (κ1) is 23.0. The number of carbonyl (C=O) groups is 2. The molecule has 0 saturated carbocycles. The molecular formula is C27H24FN3O3. The van der Waals surface area contributed by atoms with Crippen LogP contribution in [0.25, 0.3) is 11.1 Å². The summed E-state index contributed by atoms with van der Waals surface area (Å²) in [6.07, 6.45) is 0.702. The molecule has 3 amide bonds. The number of halogens is 1. The molecule has 0 fully saturated rings. The fraction of sp³-hybridized carbons (Fsp3) is 0.185. The number of amides is 3. The lowest BCUT2D eigenvalue weighted by Gasteiger charge is -2.29. The molecule has 7 heteroatoms. The molecule has 3 aromatic carbocycles. The van der Waals surface area contributed by atoms with E-state index in [4.69, 9.17) is 5.73 Å². The molecule has 0 bridgehead atoms. The molecule has 0 spiro atoms. The molecule has 4 rings (SSSR count). The zero-order chi connectivity index (χ0) is 24.2. The van der Waals surface area contributed by atoms with Crippen LogP contribution in [0.2, 0.25) is 0 Å². The quantitative estimate of drug-likeness (QED) is 0.350. The highest BCUT2D eigenvalue weighted by molar-refractivity contribution is 5.97. The molecular weight excluding hydrogens is 433 g/mol. The molecule has 1 atom stereocenters. The van der Waals surface area contributed by atoms with Crippen LogP contribution in [0.3, 0.4) is 0 Å². The Hall–Kier alpha value is -4.15. The largest absolute Gasteiger partial charge is 0.350 e. The van der Waals surface area contributed by atoms with Crippen molar-refractivity contribution in [1.82, 2.24) is 9.96 Å². The molecule has 0 aromatic heterocycles. The van der Waals surface area contributed by atoms with Crippen LogP contribution >= 0.6 is 0 Å². The number of rotatable bonds is 4. The molecule has 0 aliphatic carbocycles. The van der Waals surface area contributed by atoms with Crippen molar-refractivity contribution < 1.29 is 19.2 Å². The van der Waals surface area contributed by atoms with Crippen LogP contribution in [0.4, 0.5) is 9.18 Å². The van der Waals surface area contributed by atoms with Crippen LogP contribution in [0.15, 0.2) is 66.7 Å². The average molecular weight is 458 g/mol. The number of carbonyl (C=O) groups excluding carboxylic acids is 2. The summed E-state index contributed by atoms with van der Waals surface area (Å²) in [7, 11) is 0. The second-order valence-electron chi connectivity index (χ2n) is 8.18. The van der Waals surface area contributed by atoms with E-state index in [2.05, 4.69) is 11.8 Å². The molecule has 0 radical (unpaired) electrons. The maximum Gasteiger partial charge on any atom is 0.339 e.